The van der Waals surface area contributed by atoms with E-state index in [4.69, 9.17) is 4.74 Å². The van der Waals surface area contributed by atoms with E-state index in [2.05, 4.69) is 20.2 Å². The second-order valence-electron chi connectivity index (χ2n) is 8.27. The number of morpholine rings is 1. The maximum atomic E-state index is 13.8. The molecule has 0 amide bonds. The largest absolute Gasteiger partial charge is 0.419 e. The molecule has 3 heterocycles. The lowest BCUT2D eigenvalue weighted by molar-refractivity contribution is -0.137. The van der Waals surface area contributed by atoms with Crippen molar-refractivity contribution in [2.75, 3.05) is 36.5 Å². The zero-order valence-corrected chi connectivity index (χ0v) is 18.4. The first kappa shape index (κ1) is 23.1. The molecule has 1 fully saturated rings. The molecule has 5 rings (SSSR count). The monoisotopic (exact) mass is 488 g/mol. The summed E-state index contributed by atoms with van der Waals surface area (Å²) in [5.41, 5.74) is 1.69. The number of ether oxygens (including phenoxy) is 1. The summed E-state index contributed by atoms with van der Waals surface area (Å²) >= 11 is 0. The van der Waals surface area contributed by atoms with E-state index in [1.165, 1.54) is 0 Å². The summed E-state index contributed by atoms with van der Waals surface area (Å²) in [7, 11) is 0. The minimum Gasteiger partial charge on any atom is -0.380 e. The first-order valence-corrected chi connectivity index (χ1v) is 11.0. The van der Waals surface area contributed by atoms with E-state index in [9.17, 15) is 22.0 Å². The molecule has 0 bridgehead atoms. The number of fused-ring (bicyclic) bond motifs is 1. The number of hydrogen-bond donors (Lipinski definition) is 2. The van der Waals surface area contributed by atoms with Crippen LogP contribution in [0.5, 0.6) is 0 Å². The third-order valence-electron chi connectivity index (χ3n) is 5.91. The quantitative estimate of drug-likeness (QED) is 0.340. The summed E-state index contributed by atoms with van der Waals surface area (Å²) < 4.78 is 73.7. The van der Waals surface area contributed by atoms with Crippen LogP contribution in [0.3, 0.4) is 0 Å². The summed E-state index contributed by atoms with van der Waals surface area (Å²) in [5.74, 6) is -1.61. The zero-order chi connectivity index (χ0) is 24.6. The number of benzene rings is 2. The number of rotatable bonds is 5. The molecule has 0 radical (unpaired) electrons. The van der Waals surface area contributed by atoms with E-state index in [0.29, 0.717) is 25.0 Å². The molecule has 2 aromatic heterocycles. The van der Waals surface area contributed by atoms with Gasteiger partial charge >= 0.3 is 6.18 Å². The molecular formula is C25H21F5N4O. The molecule has 1 saturated heterocycles. The molecule has 0 atom stereocenters. The Morgan fingerprint density at radius 2 is 1.66 bits per heavy atom. The summed E-state index contributed by atoms with van der Waals surface area (Å²) in [6.45, 7) is 2.70. The average molecular weight is 488 g/mol. The van der Waals surface area contributed by atoms with Crippen LogP contribution in [0.4, 0.5) is 33.3 Å². The first-order valence-electron chi connectivity index (χ1n) is 11.0. The maximum absolute atomic E-state index is 13.8. The van der Waals surface area contributed by atoms with Gasteiger partial charge in [0.25, 0.3) is 0 Å². The fraction of sp³-hybridized carbons (Fsp3) is 0.240. The lowest BCUT2D eigenvalue weighted by atomic mass is 10.1. The summed E-state index contributed by atoms with van der Waals surface area (Å²) in [4.78, 5) is 9.25. The number of anilines is 2. The van der Waals surface area contributed by atoms with Crippen molar-refractivity contribution in [2.45, 2.75) is 12.7 Å². The van der Waals surface area contributed by atoms with Crippen molar-refractivity contribution in [3.8, 4) is 11.3 Å². The van der Waals surface area contributed by atoms with Gasteiger partial charge in [0, 0.05) is 48.7 Å². The number of aromatic amines is 1. The average Bonchev–Trinajstić information content (AvgIpc) is 3.27. The molecule has 2 N–H and O–H groups in total. The minimum atomic E-state index is -4.67. The Balaban J connectivity index is 1.49. The lowest BCUT2D eigenvalue weighted by Gasteiger charge is -2.28. The highest BCUT2D eigenvalue weighted by molar-refractivity contribution is 5.95. The Hall–Kier alpha value is -3.66. The van der Waals surface area contributed by atoms with Gasteiger partial charge in [-0.05, 0) is 41.5 Å². The van der Waals surface area contributed by atoms with Gasteiger partial charge in [-0.15, -0.1) is 0 Å². The number of pyridine rings is 1. The molecule has 4 aromatic rings. The molecule has 2 aromatic carbocycles. The fourth-order valence-electron chi connectivity index (χ4n) is 4.21. The Morgan fingerprint density at radius 1 is 0.971 bits per heavy atom. The zero-order valence-electron chi connectivity index (χ0n) is 18.4. The van der Waals surface area contributed by atoms with E-state index in [-0.39, 0.29) is 28.8 Å². The molecule has 1 aliphatic rings. The first-order chi connectivity index (χ1) is 16.8. The van der Waals surface area contributed by atoms with Gasteiger partial charge in [0.1, 0.15) is 17.3 Å². The number of H-pyrrole nitrogens is 1. The highest BCUT2D eigenvalue weighted by atomic mass is 19.4. The third kappa shape index (κ3) is 4.93. The minimum absolute atomic E-state index is 0.176. The van der Waals surface area contributed by atoms with Crippen LogP contribution in [-0.4, -0.2) is 36.3 Å². The van der Waals surface area contributed by atoms with Crippen molar-refractivity contribution in [2.24, 2.45) is 0 Å². The highest BCUT2D eigenvalue weighted by Crippen LogP contribution is 2.39. The van der Waals surface area contributed by atoms with Crippen molar-refractivity contribution in [1.82, 2.24) is 9.97 Å². The van der Waals surface area contributed by atoms with Gasteiger partial charge in [0.05, 0.1) is 24.5 Å². The van der Waals surface area contributed by atoms with E-state index in [1.54, 1.807) is 6.07 Å². The van der Waals surface area contributed by atoms with E-state index in [1.807, 2.05) is 24.3 Å². The van der Waals surface area contributed by atoms with Gasteiger partial charge in [-0.25, -0.2) is 13.8 Å². The van der Waals surface area contributed by atoms with E-state index < -0.39 is 23.4 Å². The summed E-state index contributed by atoms with van der Waals surface area (Å²) in [6.07, 6.45) is -3.92. The number of hydrogen-bond acceptors (Lipinski definition) is 4. The number of halogens is 5. The van der Waals surface area contributed by atoms with E-state index >= 15 is 0 Å². The Labute approximate surface area is 197 Å². The highest BCUT2D eigenvalue weighted by Gasteiger charge is 2.35. The third-order valence-corrected chi connectivity index (χ3v) is 5.91. The summed E-state index contributed by atoms with van der Waals surface area (Å²) in [6, 6.07) is 12.1. The molecule has 0 unspecified atom stereocenters. The molecule has 0 saturated carbocycles. The number of nitrogens with one attached hydrogen (secondary N) is 2. The Kier molecular flexibility index (Phi) is 6.06. The van der Waals surface area contributed by atoms with Crippen LogP contribution >= 0.6 is 0 Å². The van der Waals surface area contributed by atoms with Crippen LogP contribution in [0.2, 0.25) is 0 Å². The van der Waals surface area contributed by atoms with Crippen LogP contribution in [0, 0.1) is 11.6 Å². The van der Waals surface area contributed by atoms with E-state index in [0.717, 1.165) is 42.7 Å². The number of nitrogens with zero attached hydrogens (tertiary/aromatic N) is 2. The van der Waals surface area contributed by atoms with Gasteiger partial charge in [-0.1, -0.05) is 12.1 Å². The molecular weight excluding hydrogens is 467 g/mol. The fourth-order valence-corrected chi connectivity index (χ4v) is 4.21. The lowest BCUT2D eigenvalue weighted by Crippen LogP contribution is -2.36. The normalized spacial score (nSPS) is 14.5. The summed E-state index contributed by atoms with van der Waals surface area (Å²) in [5, 5.41) is 2.94. The second kappa shape index (κ2) is 9.18. The smallest absolute Gasteiger partial charge is 0.380 e. The standard InChI is InChI=1S/C25H21F5N4O/c26-17-9-15(10-18(27)11-17)13-31-23-20-12-22(33-24(20)32-14-21(23)25(28,29)30)16-1-3-19(4-2-16)34-5-7-35-8-6-34/h1-4,9-12,14H,5-8,13H2,(H2,31,32,33). The van der Waals surface area contributed by atoms with Gasteiger partial charge in [-0.3, -0.25) is 0 Å². The predicted octanol–water partition coefficient (Wildman–Crippen LogP) is 5.98. The second-order valence-corrected chi connectivity index (χ2v) is 8.27. The van der Waals surface area contributed by atoms with Gasteiger partial charge < -0.3 is 19.9 Å². The van der Waals surface area contributed by atoms with Crippen LogP contribution in [0.25, 0.3) is 22.3 Å². The number of aromatic nitrogens is 2. The molecule has 182 valence electrons. The van der Waals surface area contributed by atoms with Gasteiger partial charge in [-0.2, -0.15) is 13.2 Å². The predicted molar refractivity (Wildman–Crippen MR) is 123 cm³/mol. The van der Waals surface area contributed by atoms with Crippen molar-refractivity contribution in [1.29, 1.82) is 0 Å². The number of alkyl halides is 3. The molecule has 10 heteroatoms. The van der Waals surface area contributed by atoms with Crippen molar-refractivity contribution in [3.63, 3.8) is 0 Å². The van der Waals surface area contributed by atoms with Crippen LogP contribution in [0.15, 0.2) is 54.7 Å². The van der Waals surface area contributed by atoms with Crippen molar-refractivity contribution < 1.29 is 26.7 Å². The van der Waals surface area contributed by atoms with Crippen LogP contribution in [-0.2, 0) is 17.5 Å². The molecule has 0 aliphatic carbocycles. The Morgan fingerprint density at radius 3 is 2.31 bits per heavy atom. The van der Waals surface area contributed by atoms with Gasteiger partial charge in [0.2, 0.25) is 0 Å². The molecule has 1 aliphatic heterocycles. The topological polar surface area (TPSA) is 53.2 Å². The van der Waals surface area contributed by atoms with Gasteiger partial charge in [0.15, 0.2) is 0 Å². The SMILES string of the molecule is Fc1cc(F)cc(CNc2c(C(F)(F)F)cnc3[nH]c(-c4ccc(N5CCOCC5)cc4)cc23)c1. The van der Waals surface area contributed by atoms with Crippen LogP contribution in [0.1, 0.15) is 11.1 Å². The van der Waals surface area contributed by atoms with Crippen LogP contribution < -0.4 is 10.2 Å². The van der Waals surface area contributed by atoms with Crippen molar-refractivity contribution in [3.05, 3.63) is 77.5 Å². The Bertz CT molecular complexity index is 1320. The molecule has 5 nitrogen and oxygen atoms in total. The molecule has 35 heavy (non-hydrogen) atoms. The maximum Gasteiger partial charge on any atom is 0.419 e. The molecule has 0 spiro atoms. The van der Waals surface area contributed by atoms with Crippen molar-refractivity contribution >= 4 is 22.4 Å².